The zero-order valence-electron chi connectivity index (χ0n) is 6.41. The van der Waals surface area contributed by atoms with Crippen LogP contribution < -0.4 is 5.32 Å². The van der Waals surface area contributed by atoms with Crippen molar-refractivity contribution in [3.63, 3.8) is 0 Å². The Morgan fingerprint density at radius 1 is 1.50 bits per heavy atom. The summed E-state index contributed by atoms with van der Waals surface area (Å²) in [6.07, 6.45) is -9.16. The van der Waals surface area contributed by atoms with Gasteiger partial charge in [-0.1, -0.05) is 0 Å². The van der Waals surface area contributed by atoms with Crippen LogP contribution in [-0.4, -0.2) is 24.8 Å². The van der Waals surface area contributed by atoms with Gasteiger partial charge in [-0.2, -0.15) is 13.2 Å². The lowest BCUT2D eigenvalue weighted by atomic mass is 10.2. The Bertz CT molecular complexity index is 156. The molecule has 72 valence electrons. The highest BCUT2D eigenvalue weighted by Gasteiger charge is 2.41. The number of halogens is 4. The van der Waals surface area contributed by atoms with Crippen LogP contribution in [0.4, 0.5) is 17.6 Å². The number of hydrogen-bond acceptors (Lipinski definition) is 1. The Morgan fingerprint density at radius 3 is 2.33 bits per heavy atom. The molecule has 6 heteroatoms. The quantitative estimate of drug-likeness (QED) is 0.665. The van der Waals surface area contributed by atoms with Crippen LogP contribution in [0.2, 0.25) is 0 Å². The van der Waals surface area contributed by atoms with Crippen molar-refractivity contribution in [2.45, 2.75) is 25.7 Å². The van der Waals surface area contributed by atoms with Crippen LogP contribution in [0, 0.1) is 0 Å². The van der Waals surface area contributed by atoms with E-state index >= 15 is 0 Å². The van der Waals surface area contributed by atoms with Crippen molar-refractivity contribution in [1.82, 2.24) is 5.32 Å². The molecule has 2 nitrogen and oxygen atoms in total. The first-order chi connectivity index (χ1) is 5.38. The van der Waals surface area contributed by atoms with Gasteiger partial charge in [0.2, 0.25) is 12.1 Å². The monoisotopic (exact) mass is 187 g/mol. The molecule has 0 bridgehead atoms. The summed E-state index contributed by atoms with van der Waals surface area (Å²) < 4.78 is 46.6. The lowest BCUT2D eigenvalue weighted by Gasteiger charge is -2.11. The van der Waals surface area contributed by atoms with Gasteiger partial charge >= 0.3 is 6.18 Å². The maximum Gasteiger partial charge on any atom is 0.420 e. The molecule has 0 aromatic rings. The predicted octanol–water partition coefficient (Wildman–Crippen LogP) is 1.41. The highest BCUT2D eigenvalue weighted by molar-refractivity contribution is 5.76. The van der Waals surface area contributed by atoms with Crippen LogP contribution in [0.25, 0.3) is 0 Å². The van der Waals surface area contributed by atoms with Crippen LogP contribution in [0.15, 0.2) is 0 Å². The molecule has 0 saturated carbocycles. The third-order valence-corrected chi connectivity index (χ3v) is 1.09. The summed E-state index contributed by atoms with van der Waals surface area (Å²) in [6, 6.07) is 0. The molecule has 1 amide bonds. The molecule has 1 N–H and O–H groups in total. The summed E-state index contributed by atoms with van der Waals surface area (Å²) in [5.74, 6) is -0.928. The van der Waals surface area contributed by atoms with Gasteiger partial charge in [-0.05, 0) is 6.92 Å². The van der Waals surface area contributed by atoms with Gasteiger partial charge < -0.3 is 5.32 Å². The second-order valence-electron chi connectivity index (χ2n) is 2.17. The topological polar surface area (TPSA) is 29.1 Å². The molecular formula is C6H9F4NO. The fourth-order valence-corrected chi connectivity index (χ4v) is 0.548. The Labute approximate surface area is 66.9 Å². The van der Waals surface area contributed by atoms with Gasteiger partial charge in [-0.25, -0.2) is 4.39 Å². The molecule has 0 aliphatic heterocycles. The van der Waals surface area contributed by atoms with E-state index in [-0.39, 0.29) is 6.54 Å². The van der Waals surface area contributed by atoms with Crippen molar-refractivity contribution in [2.24, 2.45) is 0 Å². The maximum absolute atomic E-state index is 12.1. The van der Waals surface area contributed by atoms with Crippen molar-refractivity contribution in [2.75, 3.05) is 6.54 Å². The lowest BCUT2D eigenvalue weighted by Crippen LogP contribution is -2.32. The fraction of sp³-hybridized carbons (Fsp3) is 0.833. The van der Waals surface area contributed by atoms with E-state index in [4.69, 9.17) is 0 Å². The number of rotatable bonds is 3. The van der Waals surface area contributed by atoms with E-state index < -0.39 is 24.7 Å². The molecule has 12 heavy (non-hydrogen) atoms. The Hall–Kier alpha value is -0.810. The van der Waals surface area contributed by atoms with Crippen LogP contribution in [0.3, 0.4) is 0 Å². The van der Waals surface area contributed by atoms with Crippen LogP contribution in [-0.2, 0) is 4.79 Å². The highest BCUT2D eigenvalue weighted by Crippen LogP contribution is 2.24. The summed E-state index contributed by atoms with van der Waals surface area (Å²) in [5, 5.41) is 2.07. The van der Waals surface area contributed by atoms with Crippen molar-refractivity contribution in [3.05, 3.63) is 0 Å². The van der Waals surface area contributed by atoms with E-state index in [1.54, 1.807) is 6.92 Å². The van der Waals surface area contributed by atoms with Crippen LogP contribution in [0.5, 0.6) is 0 Å². The number of nitrogens with one attached hydrogen (secondary N) is 1. The number of amides is 1. The molecule has 0 aliphatic carbocycles. The number of alkyl halides is 4. The summed E-state index contributed by atoms with van der Waals surface area (Å²) in [4.78, 5) is 10.4. The molecule has 0 radical (unpaired) electrons. The summed E-state index contributed by atoms with van der Waals surface area (Å²) in [7, 11) is 0. The van der Waals surface area contributed by atoms with Crippen molar-refractivity contribution < 1.29 is 22.4 Å². The second kappa shape index (κ2) is 4.27. The minimum atomic E-state index is -4.94. The number of hydrogen-bond donors (Lipinski definition) is 1. The average Bonchev–Trinajstić information content (AvgIpc) is 1.85. The first kappa shape index (κ1) is 11.2. The van der Waals surface area contributed by atoms with Gasteiger partial charge in [0, 0.05) is 6.54 Å². The third-order valence-electron chi connectivity index (χ3n) is 1.09. The van der Waals surface area contributed by atoms with Gasteiger partial charge in [0.25, 0.3) is 0 Å². The van der Waals surface area contributed by atoms with Gasteiger partial charge in [0.15, 0.2) is 0 Å². The van der Waals surface area contributed by atoms with E-state index in [2.05, 4.69) is 5.32 Å². The molecule has 0 heterocycles. The van der Waals surface area contributed by atoms with Crippen LogP contribution in [0.1, 0.15) is 13.3 Å². The molecule has 0 aliphatic rings. The minimum absolute atomic E-state index is 0.198. The Balaban J connectivity index is 3.84. The maximum atomic E-state index is 12.1. The smallest absolute Gasteiger partial charge is 0.356 e. The van der Waals surface area contributed by atoms with E-state index in [1.165, 1.54) is 0 Å². The summed E-state index contributed by atoms with van der Waals surface area (Å²) in [6.45, 7) is 1.74. The Morgan fingerprint density at radius 2 is 2.00 bits per heavy atom. The zero-order valence-corrected chi connectivity index (χ0v) is 6.41. The van der Waals surface area contributed by atoms with Gasteiger partial charge in [-0.15, -0.1) is 0 Å². The van der Waals surface area contributed by atoms with E-state index in [1.807, 2.05) is 0 Å². The molecule has 1 atom stereocenters. The summed E-state index contributed by atoms with van der Waals surface area (Å²) in [5.41, 5.74) is 0. The molecule has 0 rings (SSSR count). The van der Waals surface area contributed by atoms with Crippen LogP contribution >= 0.6 is 0 Å². The van der Waals surface area contributed by atoms with Gasteiger partial charge in [0.1, 0.15) is 0 Å². The fourth-order valence-electron chi connectivity index (χ4n) is 0.548. The molecule has 0 fully saturated rings. The van der Waals surface area contributed by atoms with E-state index in [0.29, 0.717) is 0 Å². The second-order valence-corrected chi connectivity index (χ2v) is 2.17. The van der Waals surface area contributed by atoms with Crippen molar-refractivity contribution >= 4 is 5.91 Å². The SMILES string of the molecule is CCNC(=O)CC(F)C(F)(F)F. The lowest BCUT2D eigenvalue weighted by molar-refractivity contribution is -0.183. The van der Waals surface area contributed by atoms with E-state index in [9.17, 15) is 22.4 Å². The normalized spacial score (nSPS) is 14.1. The van der Waals surface area contributed by atoms with E-state index in [0.717, 1.165) is 0 Å². The summed E-state index contributed by atoms with van der Waals surface area (Å²) >= 11 is 0. The van der Waals surface area contributed by atoms with Crippen molar-refractivity contribution in [1.29, 1.82) is 0 Å². The molecule has 0 aromatic heterocycles. The van der Waals surface area contributed by atoms with Crippen molar-refractivity contribution in [3.8, 4) is 0 Å². The Kier molecular flexibility index (Phi) is 3.99. The molecule has 0 aromatic carbocycles. The first-order valence-corrected chi connectivity index (χ1v) is 3.35. The standard InChI is InChI=1S/C6H9F4NO/c1-2-11-5(12)3-4(7)6(8,9)10/h4H,2-3H2,1H3,(H,11,12). The van der Waals surface area contributed by atoms with Gasteiger partial charge in [0.05, 0.1) is 6.42 Å². The number of carbonyl (C=O) groups is 1. The zero-order chi connectivity index (χ0) is 9.78. The number of carbonyl (C=O) groups excluding carboxylic acids is 1. The molecule has 0 spiro atoms. The minimum Gasteiger partial charge on any atom is -0.356 e. The molecule has 0 saturated heterocycles. The third kappa shape index (κ3) is 4.15. The molecule has 1 unspecified atom stereocenters. The van der Waals surface area contributed by atoms with Gasteiger partial charge in [-0.3, -0.25) is 4.79 Å². The molecular weight excluding hydrogens is 178 g/mol. The predicted molar refractivity (Wildman–Crippen MR) is 34.3 cm³/mol. The highest BCUT2D eigenvalue weighted by atomic mass is 19.4. The first-order valence-electron chi connectivity index (χ1n) is 3.35. The largest absolute Gasteiger partial charge is 0.420 e. The average molecular weight is 187 g/mol.